The minimum absolute atomic E-state index is 0.0252. The second kappa shape index (κ2) is 13.7. The number of halogens is 2. The first-order chi connectivity index (χ1) is 18.9. The van der Waals surface area contributed by atoms with Crippen LogP contribution in [0, 0.1) is 6.92 Å². The molecular weight excluding hydrogens is 606 g/mol. The van der Waals surface area contributed by atoms with Gasteiger partial charge < -0.3 is 23.5 Å². The lowest BCUT2D eigenvalue weighted by Gasteiger charge is -2.32. The van der Waals surface area contributed by atoms with Crippen molar-refractivity contribution in [3.8, 4) is 5.75 Å². The fraction of sp³-hybridized carbons (Fsp3) is 0.571. The summed E-state index contributed by atoms with van der Waals surface area (Å²) in [6.07, 6.45) is -0.867. The summed E-state index contributed by atoms with van der Waals surface area (Å²) >= 11 is 13.2. The summed E-state index contributed by atoms with van der Waals surface area (Å²) in [5.41, 5.74) is 0.492. The Hall–Kier alpha value is -1.15. The van der Waals surface area contributed by atoms with Crippen molar-refractivity contribution >= 4 is 54.0 Å². The average molecular weight is 647 g/mol. The van der Waals surface area contributed by atoms with Crippen LogP contribution in [0.5, 0.6) is 5.75 Å². The van der Waals surface area contributed by atoms with Crippen LogP contribution in [0.1, 0.15) is 33.3 Å². The monoisotopic (exact) mass is 646 g/mol. The number of hydrogen-bond donors (Lipinski definition) is 0. The molecule has 1 atom stereocenters. The Morgan fingerprint density at radius 1 is 0.927 bits per heavy atom. The highest BCUT2D eigenvalue weighted by atomic mass is 35.5. The molecule has 1 aliphatic rings. The number of rotatable bonds is 14. The van der Waals surface area contributed by atoms with E-state index in [0.717, 1.165) is 11.6 Å². The Bertz CT molecular complexity index is 1240. The molecule has 1 fully saturated rings. The maximum absolute atomic E-state index is 12.8. The topological polar surface area (TPSA) is 89.5 Å². The number of benzene rings is 2. The van der Waals surface area contributed by atoms with Gasteiger partial charge in [-0.15, -0.1) is 0 Å². The van der Waals surface area contributed by atoms with E-state index in [9.17, 15) is 8.42 Å². The third-order valence-corrected chi connectivity index (χ3v) is 10.6. The van der Waals surface area contributed by atoms with Gasteiger partial charge in [0.1, 0.15) is 19.5 Å². The van der Waals surface area contributed by atoms with E-state index in [4.69, 9.17) is 50.9 Å². The lowest BCUT2D eigenvalue weighted by atomic mass is 9.79. The molecule has 228 valence electrons. The number of hydrogen-bond acceptors (Lipinski definition) is 8. The number of aryl methyl sites for hydroxylation is 1. The Morgan fingerprint density at radius 2 is 1.49 bits per heavy atom. The molecule has 41 heavy (non-hydrogen) atoms. The fourth-order valence-corrected chi connectivity index (χ4v) is 5.99. The molecule has 0 aromatic heterocycles. The molecule has 0 unspecified atom stereocenters. The predicted octanol–water partition coefficient (Wildman–Crippen LogP) is 6.08. The maximum Gasteiger partial charge on any atom is 0.494 e. The summed E-state index contributed by atoms with van der Waals surface area (Å²) in [4.78, 5) is 0.0419. The van der Waals surface area contributed by atoms with E-state index in [-0.39, 0.29) is 40.7 Å². The highest BCUT2D eigenvalue weighted by molar-refractivity contribution is 7.86. The molecule has 0 spiro atoms. The first-order valence-corrected chi connectivity index (χ1v) is 19.4. The molecule has 2 aromatic carbocycles. The highest BCUT2D eigenvalue weighted by Crippen LogP contribution is 2.38. The van der Waals surface area contributed by atoms with Gasteiger partial charge in [0.2, 0.25) is 0 Å². The molecule has 0 amide bonds. The molecular formula is C28H41BCl2O8SSi. The van der Waals surface area contributed by atoms with Crippen molar-refractivity contribution in [1.82, 2.24) is 0 Å². The predicted molar refractivity (Wildman–Crippen MR) is 166 cm³/mol. The van der Waals surface area contributed by atoms with Gasteiger partial charge in [0.25, 0.3) is 10.1 Å². The lowest BCUT2D eigenvalue weighted by Crippen LogP contribution is -2.41. The largest absolute Gasteiger partial charge is 0.494 e. The summed E-state index contributed by atoms with van der Waals surface area (Å²) in [7, 11) is -5.95. The van der Waals surface area contributed by atoms with Gasteiger partial charge in [0, 0.05) is 14.7 Å². The van der Waals surface area contributed by atoms with Gasteiger partial charge >= 0.3 is 7.12 Å². The molecule has 0 aliphatic carbocycles. The zero-order valence-electron chi connectivity index (χ0n) is 25.1. The zero-order valence-corrected chi connectivity index (χ0v) is 28.4. The Balaban J connectivity index is 1.73. The van der Waals surface area contributed by atoms with Crippen molar-refractivity contribution in [3.63, 3.8) is 0 Å². The second-order valence-corrected chi connectivity index (χ2v) is 20.5. The second-order valence-electron chi connectivity index (χ2n) is 12.4. The van der Waals surface area contributed by atoms with Crippen molar-refractivity contribution in [2.24, 2.45) is 0 Å². The standard InChI is InChI=1S/C28H41BCl2O8SSi/c1-20-9-11-23(12-10-20)40(32,33)36-18-22(17-35-19-34-13-14-41(6,7)8)37-26-24(30)15-21(16-25(26)31)29-38-27(2,3)28(4,5)39-29/h9-12,15-16,22H,13-14,17-19H2,1-8H3/t22-/m1/s1. The van der Waals surface area contributed by atoms with Gasteiger partial charge in [-0.05, 0) is 70.4 Å². The Labute approximate surface area is 256 Å². The summed E-state index contributed by atoms with van der Waals surface area (Å²) in [5.74, 6) is 0.165. The van der Waals surface area contributed by atoms with Crippen molar-refractivity contribution in [1.29, 1.82) is 0 Å². The van der Waals surface area contributed by atoms with Gasteiger partial charge in [0.15, 0.2) is 5.75 Å². The van der Waals surface area contributed by atoms with E-state index in [0.29, 0.717) is 12.1 Å². The molecule has 0 saturated carbocycles. The maximum atomic E-state index is 12.8. The van der Waals surface area contributed by atoms with Crippen molar-refractivity contribution in [2.75, 3.05) is 26.6 Å². The Kier molecular flexibility index (Phi) is 11.4. The summed E-state index contributed by atoms with van der Waals surface area (Å²) in [6.45, 7) is 16.7. The van der Waals surface area contributed by atoms with E-state index in [1.807, 2.05) is 34.6 Å². The van der Waals surface area contributed by atoms with E-state index < -0.39 is 42.6 Å². The Morgan fingerprint density at radius 3 is 2.02 bits per heavy atom. The lowest BCUT2D eigenvalue weighted by molar-refractivity contribution is -0.0761. The van der Waals surface area contributed by atoms with E-state index in [1.165, 1.54) is 12.1 Å². The first-order valence-electron chi connectivity index (χ1n) is 13.5. The van der Waals surface area contributed by atoms with Crippen LogP contribution in [-0.2, 0) is 33.1 Å². The molecule has 1 aliphatic heterocycles. The van der Waals surface area contributed by atoms with Gasteiger partial charge in [0.05, 0.1) is 32.7 Å². The smallest absolute Gasteiger partial charge is 0.482 e. The van der Waals surface area contributed by atoms with E-state index >= 15 is 0 Å². The minimum atomic E-state index is -4.04. The minimum Gasteiger partial charge on any atom is -0.482 e. The molecule has 2 aromatic rings. The van der Waals surface area contributed by atoms with Crippen molar-refractivity contribution in [3.05, 3.63) is 52.0 Å². The number of ether oxygens (including phenoxy) is 3. The van der Waals surface area contributed by atoms with E-state index in [2.05, 4.69) is 19.6 Å². The summed E-state index contributed by atoms with van der Waals surface area (Å²) < 4.78 is 60.6. The van der Waals surface area contributed by atoms with Crippen LogP contribution >= 0.6 is 23.2 Å². The highest BCUT2D eigenvalue weighted by Gasteiger charge is 2.52. The van der Waals surface area contributed by atoms with Crippen LogP contribution in [0.2, 0.25) is 35.7 Å². The molecule has 3 rings (SSSR count). The molecule has 1 saturated heterocycles. The molecule has 1 heterocycles. The summed E-state index contributed by atoms with van der Waals surface area (Å²) in [6, 6.07) is 10.7. The van der Waals surface area contributed by atoms with Gasteiger partial charge in [-0.25, -0.2) is 0 Å². The van der Waals surface area contributed by atoms with Gasteiger partial charge in [-0.3, -0.25) is 4.18 Å². The third-order valence-electron chi connectivity index (χ3n) is 7.02. The average Bonchev–Trinajstić information content (AvgIpc) is 3.07. The third kappa shape index (κ3) is 9.67. The van der Waals surface area contributed by atoms with Crippen molar-refractivity contribution < 1.29 is 36.1 Å². The van der Waals surface area contributed by atoms with Crippen molar-refractivity contribution in [2.45, 2.75) is 82.5 Å². The van der Waals surface area contributed by atoms with Crippen LogP contribution in [0.4, 0.5) is 0 Å². The fourth-order valence-electron chi connectivity index (χ4n) is 3.70. The first kappa shape index (κ1) is 34.3. The zero-order chi connectivity index (χ0) is 30.6. The molecule has 0 N–H and O–H groups in total. The van der Waals surface area contributed by atoms with Crippen LogP contribution in [0.15, 0.2) is 41.3 Å². The van der Waals surface area contributed by atoms with Crippen LogP contribution < -0.4 is 10.2 Å². The van der Waals surface area contributed by atoms with Gasteiger partial charge in [-0.1, -0.05) is 60.5 Å². The quantitative estimate of drug-likeness (QED) is 0.106. The summed E-state index contributed by atoms with van der Waals surface area (Å²) in [5, 5.41) is 0.417. The molecule has 13 heteroatoms. The van der Waals surface area contributed by atoms with Crippen LogP contribution in [0.25, 0.3) is 0 Å². The van der Waals surface area contributed by atoms with Crippen LogP contribution in [0.3, 0.4) is 0 Å². The van der Waals surface area contributed by atoms with Gasteiger partial charge in [-0.2, -0.15) is 8.42 Å². The van der Waals surface area contributed by atoms with Crippen LogP contribution in [-0.4, -0.2) is 67.5 Å². The SMILES string of the molecule is Cc1ccc(S(=O)(=O)OC[C@@H](COCOCC[Si](C)(C)C)Oc2c(Cl)cc(B3OC(C)(C)C(C)(C)O3)cc2Cl)cc1. The molecule has 8 nitrogen and oxygen atoms in total. The normalized spacial score (nSPS) is 17.6. The van der Waals surface area contributed by atoms with E-state index in [1.54, 1.807) is 24.3 Å². The molecule has 0 bridgehead atoms. The molecule has 0 radical (unpaired) electrons.